The van der Waals surface area contributed by atoms with Crippen LogP contribution in [0.2, 0.25) is 0 Å². The molecule has 10 heteroatoms. The first-order valence-electron chi connectivity index (χ1n) is 12.2. The summed E-state index contributed by atoms with van der Waals surface area (Å²) in [6, 6.07) is 13.7. The molecule has 3 aliphatic heterocycles. The van der Waals surface area contributed by atoms with E-state index in [1.54, 1.807) is 17.0 Å². The fraction of sp³-hybridized carbons (Fsp3) is 0.370. The summed E-state index contributed by atoms with van der Waals surface area (Å²) in [5.74, 6) is 0.233. The minimum atomic E-state index is -0.644. The Hall–Kier alpha value is -3.75. The minimum absolute atomic E-state index is 0.232. The van der Waals surface area contributed by atoms with Gasteiger partial charge in [0.2, 0.25) is 5.91 Å². The standard InChI is InChI=1S/C27H26N4O6/c28-11-18-9-19-20(10-23(29-19)37-22-14-36-26-21(33)13-35-27(22)26)30-25(18)17-3-1-15(2-4-17)16-5-7-31(8-6-16)24(34)12-32/h1-5,9-10,21-22,26-27,29,32-33H,6-8,12-14H2/t21-,22-,26-,27-/m1/s1. The van der Waals surface area contributed by atoms with Gasteiger partial charge in [0.05, 0.1) is 35.5 Å². The monoisotopic (exact) mass is 502 g/mol. The highest BCUT2D eigenvalue weighted by atomic mass is 16.6. The molecule has 2 fully saturated rings. The van der Waals surface area contributed by atoms with Gasteiger partial charge in [0.25, 0.3) is 0 Å². The zero-order chi connectivity index (χ0) is 25.5. The number of pyridine rings is 1. The normalized spacial score (nSPS) is 25.1. The van der Waals surface area contributed by atoms with Gasteiger partial charge in [0.15, 0.2) is 12.0 Å². The number of ether oxygens (including phenoxy) is 3. The Labute approximate surface area is 212 Å². The van der Waals surface area contributed by atoms with Crippen LogP contribution in [0.15, 0.2) is 42.5 Å². The van der Waals surface area contributed by atoms with Crippen molar-refractivity contribution in [1.29, 1.82) is 5.26 Å². The van der Waals surface area contributed by atoms with E-state index in [0.29, 0.717) is 54.3 Å². The zero-order valence-corrected chi connectivity index (χ0v) is 20.0. The second kappa shape index (κ2) is 9.61. The lowest BCUT2D eigenvalue weighted by Crippen LogP contribution is -2.36. The Morgan fingerprint density at radius 3 is 2.70 bits per heavy atom. The van der Waals surface area contributed by atoms with E-state index in [0.717, 1.165) is 16.7 Å². The van der Waals surface area contributed by atoms with Gasteiger partial charge in [-0.1, -0.05) is 30.3 Å². The number of benzene rings is 1. The number of hydrogen-bond donors (Lipinski definition) is 3. The van der Waals surface area contributed by atoms with Crippen LogP contribution in [-0.2, 0) is 14.3 Å². The highest BCUT2D eigenvalue weighted by Crippen LogP contribution is 2.33. The number of carbonyl (C=O) groups is 1. The molecule has 37 heavy (non-hydrogen) atoms. The van der Waals surface area contributed by atoms with Gasteiger partial charge in [0, 0.05) is 24.7 Å². The molecule has 1 aromatic carbocycles. The third-order valence-electron chi connectivity index (χ3n) is 7.18. The quantitative estimate of drug-likeness (QED) is 0.478. The van der Waals surface area contributed by atoms with Crippen molar-refractivity contribution < 1.29 is 29.2 Å². The molecule has 2 saturated heterocycles. The first-order valence-corrected chi connectivity index (χ1v) is 12.2. The second-order valence-corrected chi connectivity index (χ2v) is 9.44. The molecule has 3 aromatic rings. The lowest BCUT2D eigenvalue weighted by molar-refractivity contribution is -0.133. The maximum Gasteiger partial charge on any atom is 0.248 e. The molecular formula is C27H26N4O6. The topological polar surface area (TPSA) is 141 Å². The SMILES string of the molecule is N#Cc1cc2[nH]c(O[C@@H]3CO[C@H]4[C@@H]3OC[C@H]4O)cc2nc1-c1ccc(C2=CCN(C(=O)CO)CC2)cc1. The molecule has 1 amide bonds. The number of nitriles is 1. The number of nitrogens with zero attached hydrogens (tertiary/aromatic N) is 3. The van der Waals surface area contributed by atoms with E-state index in [2.05, 4.69) is 11.1 Å². The van der Waals surface area contributed by atoms with Crippen LogP contribution < -0.4 is 4.74 Å². The number of nitrogens with one attached hydrogen (secondary N) is 1. The smallest absolute Gasteiger partial charge is 0.248 e. The van der Waals surface area contributed by atoms with E-state index >= 15 is 0 Å². The number of aliphatic hydroxyl groups excluding tert-OH is 2. The molecule has 0 saturated carbocycles. The predicted octanol–water partition coefficient (Wildman–Crippen LogP) is 1.62. The van der Waals surface area contributed by atoms with Crippen molar-refractivity contribution in [2.75, 3.05) is 32.9 Å². The van der Waals surface area contributed by atoms with E-state index in [1.807, 2.05) is 30.3 Å². The number of hydrogen-bond acceptors (Lipinski definition) is 8. The van der Waals surface area contributed by atoms with E-state index in [4.69, 9.17) is 24.3 Å². The molecule has 0 spiro atoms. The van der Waals surface area contributed by atoms with E-state index in [1.165, 1.54) is 0 Å². The van der Waals surface area contributed by atoms with Gasteiger partial charge < -0.3 is 34.3 Å². The number of H-pyrrole nitrogens is 1. The van der Waals surface area contributed by atoms with Crippen molar-refractivity contribution in [3.63, 3.8) is 0 Å². The molecule has 10 nitrogen and oxygen atoms in total. The number of rotatable bonds is 5. The highest BCUT2D eigenvalue weighted by Gasteiger charge is 2.48. The lowest BCUT2D eigenvalue weighted by atomic mass is 9.97. The number of carbonyl (C=O) groups excluding carboxylic acids is 1. The van der Waals surface area contributed by atoms with Crippen LogP contribution in [0, 0.1) is 11.3 Å². The highest BCUT2D eigenvalue weighted by molar-refractivity contribution is 5.84. The van der Waals surface area contributed by atoms with Crippen LogP contribution in [0.4, 0.5) is 0 Å². The average Bonchev–Trinajstić information content (AvgIpc) is 3.64. The van der Waals surface area contributed by atoms with Crippen molar-refractivity contribution in [1.82, 2.24) is 14.9 Å². The first-order chi connectivity index (χ1) is 18.0. The van der Waals surface area contributed by atoms with Crippen LogP contribution in [0.3, 0.4) is 0 Å². The maximum atomic E-state index is 11.7. The van der Waals surface area contributed by atoms with Crippen molar-refractivity contribution in [3.05, 3.63) is 53.6 Å². The molecule has 3 N–H and O–H groups in total. The first kappa shape index (κ1) is 23.6. The van der Waals surface area contributed by atoms with Crippen LogP contribution in [0.25, 0.3) is 27.9 Å². The molecular weight excluding hydrogens is 476 g/mol. The Balaban J connectivity index is 1.22. The molecule has 2 aromatic heterocycles. The molecule has 190 valence electrons. The molecule has 4 atom stereocenters. The van der Waals surface area contributed by atoms with Crippen LogP contribution in [-0.4, -0.2) is 88.3 Å². The molecule has 0 unspecified atom stereocenters. The average molecular weight is 503 g/mol. The lowest BCUT2D eigenvalue weighted by Gasteiger charge is -2.26. The summed E-state index contributed by atoms with van der Waals surface area (Å²) >= 11 is 0. The van der Waals surface area contributed by atoms with Gasteiger partial charge in [0.1, 0.15) is 31.0 Å². The maximum absolute atomic E-state index is 11.7. The Bertz CT molecular complexity index is 1410. The molecule has 0 radical (unpaired) electrons. The zero-order valence-electron chi connectivity index (χ0n) is 20.0. The second-order valence-electron chi connectivity index (χ2n) is 9.44. The van der Waals surface area contributed by atoms with Crippen molar-refractivity contribution in [2.45, 2.75) is 30.8 Å². The van der Waals surface area contributed by atoms with Gasteiger partial charge in [-0.05, 0) is 23.6 Å². The van der Waals surface area contributed by atoms with Crippen molar-refractivity contribution in [3.8, 4) is 23.2 Å². The van der Waals surface area contributed by atoms with E-state index < -0.39 is 12.7 Å². The Morgan fingerprint density at radius 1 is 1.19 bits per heavy atom. The van der Waals surface area contributed by atoms with E-state index in [-0.39, 0.29) is 30.8 Å². The molecule has 3 aliphatic rings. The summed E-state index contributed by atoms with van der Waals surface area (Å²) in [5, 5.41) is 28.8. The largest absolute Gasteiger partial charge is 0.470 e. The number of amides is 1. The van der Waals surface area contributed by atoms with Gasteiger partial charge in [-0.2, -0.15) is 5.26 Å². The van der Waals surface area contributed by atoms with Crippen LogP contribution in [0.1, 0.15) is 17.5 Å². The summed E-state index contributed by atoms with van der Waals surface area (Å²) in [6.07, 6.45) is 1.03. The predicted molar refractivity (Wildman–Crippen MR) is 132 cm³/mol. The van der Waals surface area contributed by atoms with Gasteiger partial charge in [-0.3, -0.25) is 4.79 Å². The molecule has 5 heterocycles. The Morgan fingerprint density at radius 2 is 1.97 bits per heavy atom. The summed E-state index contributed by atoms with van der Waals surface area (Å²) in [4.78, 5) is 21.2. The Kier molecular flexibility index (Phi) is 6.14. The minimum Gasteiger partial charge on any atom is -0.470 e. The molecule has 0 aliphatic carbocycles. The third-order valence-corrected chi connectivity index (χ3v) is 7.18. The van der Waals surface area contributed by atoms with Gasteiger partial charge in [-0.25, -0.2) is 4.98 Å². The summed E-state index contributed by atoms with van der Waals surface area (Å²) in [6.45, 7) is 1.13. The van der Waals surface area contributed by atoms with Crippen molar-refractivity contribution in [2.24, 2.45) is 0 Å². The van der Waals surface area contributed by atoms with Gasteiger partial charge >= 0.3 is 0 Å². The summed E-state index contributed by atoms with van der Waals surface area (Å²) in [5.41, 5.74) is 5.38. The number of aromatic amines is 1. The fourth-order valence-electron chi connectivity index (χ4n) is 5.21. The molecule has 0 bridgehead atoms. The van der Waals surface area contributed by atoms with E-state index in [9.17, 15) is 15.2 Å². The molecule has 6 rings (SSSR count). The summed E-state index contributed by atoms with van der Waals surface area (Å²) in [7, 11) is 0. The number of aromatic nitrogens is 2. The van der Waals surface area contributed by atoms with Gasteiger partial charge in [-0.15, -0.1) is 0 Å². The van der Waals surface area contributed by atoms with Crippen LogP contribution >= 0.6 is 0 Å². The van der Waals surface area contributed by atoms with Crippen LogP contribution in [0.5, 0.6) is 5.88 Å². The van der Waals surface area contributed by atoms with Crippen molar-refractivity contribution >= 4 is 22.5 Å². The number of aliphatic hydroxyl groups is 2. The summed E-state index contributed by atoms with van der Waals surface area (Å²) < 4.78 is 17.3. The number of fused-ring (bicyclic) bond motifs is 2. The third kappa shape index (κ3) is 4.36. The fourth-order valence-corrected chi connectivity index (χ4v) is 5.21.